The number of aryl methyl sites for hydroxylation is 2. The maximum atomic E-state index is 12.6. The summed E-state index contributed by atoms with van der Waals surface area (Å²) in [5.74, 6) is -0.694. The second-order valence-corrected chi connectivity index (χ2v) is 6.73. The van der Waals surface area contributed by atoms with E-state index in [1.165, 1.54) is 4.90 Å². The highest BCUT2D eigenvalue weighted by Gasteiger charge is 2.40. The van der Waals surface area contributed by atoms with Crippen molar-refractivity contribution < 1.29 is 33.9 Å². The zero-order valence-electron chi connectivity index (χ0n) is 15.7. The van der Waals surface area contributed by atoms with Crippen LogP contribution in [0.15, 0.2) is 4.52 Å². The van der Waals surface area contributed by atoms with Crippen molar-refractivity contribution in [2.24, 2.45) is 5.92 Å². The number of rotatable bonds is 3. The summed E-state index contributed by atoms with van der Waals surface area (Å²) in [7, 11) is 0. The monoisotopic (exact) mass is 396 g/mol. The van der Waals surface area contributed by atoms with Gasteiger partial charge in [0.15, 0.2) is 0 Å². The van der Waals surface area contributed by atoms with Crippen molar-refractivity contribution in [3.05, 3.63) is 17.0 Å². The van der Waals surface area contributed by atoms with Crippen LogP contribution < -0.4 is 10.6 Å². The molecule has 3 rings (SSSR count). The minimum atomic E-state index is -0.808. The summed E-state index contributed by atoms with van der Waals surface area (Å²) >= 11 is 0. The fraction of sp³-hybridized carbons (Fsp3) is 0.588. The van der Waals surface area contributed by atoms with Crippen molar-refractivity contribution in [1.82, 2.24) is 20.7 Å². The molecule has 0 aromatic carbocycles. The van der Waals surface area contributed by atoms with Crippen LogP contribution >= 0.6 is 0 Å². The molecule has 11 nitrogen and oxygen atoms in total. The summed E-state index contributed by atoms with van der Waals surface area (Å²) in [5, 5.41) is 26.3. The first-order valence-corrected chi connectivity index (χ1v) is 8.83. The molecule has 1 saturated heterocycles. The van der Waals surface area contributed by atoms with E-state index in [-0.39, 0.29) is 37.2 Å². The van der Waals surface area contributed by atoms with Crippen molar-refractivity contribution in [3.8, 4) is 0 Å². The lowest BCUT2D eigenvalue weighted by Gasteiger charge is -2.28. The Balaban J connectivity index is 0.000000878. The zero-order valence-corrected chi connectivity index (χ0v) is 15.7. The highest BCUT2D eigenvalue weighted by Crippen LogP contribution is 2.28. The van der Waals surface area contributed by atoms with Gasteiger partial charge < -0.3 is 30.3 Å². The maximum Gasteiger partial charge on any atom is 0.290 e. The van der Waals surface area contributed by atoms with Gasteiger partial charge in [0, 0.05) is 19.0 Å². The third-order valence-corrected chi connectivity index (χ3v) is 4.81. The lowest BCUT2D eigenvalue weighted by molar-refractivity contribution is -0.141. The molecule has 1 aliphatic heterocycles. The number of carbonyl (C=O) groups excluding carboxylic acids is 3. The molecule has 0 spiro atoms. The standard InChI is InChI=1S/C16H22N4O5.CH2O2/c1-8-14(9(2)25-19-8)15(23)18-11-5-10(6-12(11)21)16(24)20-4-3-17-13(22)7-20;2-1-3/h10-12,21H,3-7H2,1-2H3,(H,17,22)(H,18,23);1H,(H,2,3)/t10-,11-,12-;/m0./s1. The fourth-order valence-corrected chi connectivity index (χ4v) is 3.50. The number of carbonyl (C=O) groups is 4. The summed E-state index contributed by atoms with van der Waals surface area (Å²) in [4.78, 5) is 46.3. The number of piperazine rings is 1. The van der Waals surface area contributed by atoms with Gasteiger partial charge in [0.2, 0.25) is 11.8 Å². The minimum Gasteiger partial charge on any atom is -0.483 e. The molecular weight excluding hydrogens is 372 g/mol. The molecular formula is C17H24N4O7. The Morgan fingerprint density at radius 2 is 2.04 bits per heavy atom. The Bertz CT molecular complexity index is 728. The van der Waals surface area contributed by atoms with Crippen molar-refractivity contribution in [2.75, 3.05) is 19.6 Å². The molecule has 154 valence electrons. The lowest BCUT2D eigenvalue weighted by atomic mass is 10.1. The number of nitrogens with one attached hydrogen (secondary N) is 2. The van der Waals surface area contributed by atoms with Crippen LogP contribution in [0.25, 0.3) is 0 Å². The van der Waals surface area contributed by atoms with Crippen LogP contribution in [0.4, 0.5) is 0 Å². The van der Waals surface area contributed by atoms with Gasteiger partial charge in [-0.15, -0.1) is 0 Å². The molecule has 2 heterocycles. The third-order valence-electron chi connectivity index (χ3n) is 4.81. The average Bonchev–Trinajstić information content (AvgIpc) is 3.17. The molecule has 2 aliphatic rings. The highest BCUT2D eigenvalue weighted by molar-refractivity contribution is 5.96. The van der Waals surface area contributed by atoms with E-state index >= 15 is 0 Å². The first-order valence-electron chi connectivity index (χ1n) is 8.83. The molecule has 0 radical (unpaired) electrons. The third kappa shape index (κ3) is 4.85. The molecule has 3 amide bonds. The maximum absolute atomic E-state index is 12.6. The van der Waals surface area contributed by atoms with Gasteiger partial charge in [-0.2, -0.15) is 0 Å². The van der Waals surface area contributed by atoms with Gasteiger partial charge in [0.25, 0.3) is 12.4 Å². The summed E-state index contributed by atoms with van der Waals surface area (Å²) < 4.78 is 4.98. The van der Waals surface area contributed by atoms with Crippen LogP contribution in [0, 0.1) is 19.8 Å². The Morgan fingerprint density at radius 1 is 1.36 bits per heavy atom. The highest BCUT2D eigenvalue weighted by atomic mass is 16.5. The van der Waals surface area contributed by atoms with Crippen LogP contribution in [0.2, 0.25) is 0 Å². The lowest BCUT2D eigenvalue weighted by Crippen LogP contribution is -2.51. The average molecular weight is 396 g/mol. The Labute approximate surface area is 161 Å². The van der Waals surface area contributed by atoms with Crippen LogP contribution in [0.1, 0.15) is 34.7 Å². The number of aliphatic hydroxyl groups excluding tert-OH is 1. The summed E-state index contributed by atoms with van der Waals surface area (Å²) in [6.07, 6.45) is -0.200. The molecule has 1 aromatic heterocycles. The van der Waals surface area contributed by atoms with E-state index in [1.54, 1.807) is 13.8 Å². The summed E-state index contributed by atoms with van der Waals surface area (Å²) in [6, 6.07) is -0.520. The topological polar surface area (TPSA) is 162 Å². The van der Waals surface area contributed by atoms with Gasteiger partial charge in [-0.3, -0.25) is 19.2 Å². The van der Waals surface area contributed by atoms with Crippen LogP contribution in [-0.4, -0.2) is 76.2 Å². The molecule has 1 aliphatic carbocycles. The molecule has 3 atom stereocenters. The van der Waals surface area contributed by atoms with E-state index in [4.69, 9.17) is 14.4 Å². The summed E-state index contributed by atoms with van der Waals surface area (Å²) in [6.45, 7) is 4.01. The van der Waals surface area contributed by atoms with Gasteiger partial charge in [0.05, 0.1) is 24.4 Å². The number of hydrogen-bond donors (Lipinski definition) is 4. The number of hydrogen-bond acceptors (Lipinski definition) is 7. The number of amides is 3. The number of aromatic nitrogens is 1. The predicted molar refractivity (Wildman–Crippen MR) is 94.2 cm³/mol. The molecule has 1 aromatic rings. The Hall–Kier alpha value is -2.95. The predicted octanol–water partition coefficient (Wildman–Crippen LogP) is -1.18. The second kappa shape index (κ2) is 9.31. The van der Waals surface area contributed by atoms with Crippen LogP contribution in [0.3, 0.4) is 0 Å². The van der Waals surface area contributed by atoms with Gasteiger partial charge >= 0.3 is 0 Å². The molecule has 1 saturated carbocycles. The van der Waals surface area contributed by atoms with E-state index < -0.39 is 18.1 Å². The van der Waals surface area contributed by atoms with Crippen molar-refractivity contribution in [2.45, 2.75) is 38.8 Å². The second-order valence-electron chi connectivity index (χ2n) is 6.73. The zero-order chi connectivity index (χ0) is 20.8. The molecule has 2 fully saturated rings. The van der Waals surface area contributed by atoms with Crippen molar-refractivity contribution in [1.29, 1.82) is 0 Å². The quantitative estimate of drug-likeness (QED) is 0.464. The van der Waals surface area contributed by atoms with Crippen LogP contribution in [-0.2, 0) is 14.4 Å². The van der Waals surface area contributed by atoms with Gasteiger partial charge in [-0.05, 0) is 26.7 Å². The minimum absolute atomic E-state index is 0.0432. The van der Waals surface area contributed by atoms with E-state index in [0.29, 0.717) is 36.5 Å². The van der Waals surface area contributed by atoms with E-state index in [9.17, 15) is 19.5 Å². The van der Waals surface area contributed by atoms with E-state index in [0.717, 1.165) is 0 Å². The molecule has 0 unspecified atom stereocenters. The van der Waals surface area contributed by atoms with E-state index in [1.807, 2.05) is 0 Å². The first kappa shape index (κ1) is 21.4. The van der Waals surface area contributed by atoms with Gasteiger partial charge in [0.1, 0.15) is 11.3 Å². The van der Waals surface area contributed by atoms with Gasteiger partial charge in [-0.1, -0.05) is 5.16 Å². The van der Waals surface area contributed by atoms with Crippen molar-refractivity contribution >= 4 is 24.2 Å². The number of aliphatic hydroxyl groups is 1. The Kier molecular flexibility index (Phi) is 7.10. The normalized spacial score (nSPS) is 24.0. The Morgan fingerprint density at radius 3 is 2.61 bits per heavy atom. The SMILES string of the molecule is Cc1noc(C)c1C(=O)N[C@H]1C[C@H](C(=O)N2CCNC(=O)C2)C[C@@H]1O.O=CO. The van der Waals surface area contributed by atoms with Crippen molar-refractivity contribution in [3.63, 3.8) is 0 Å². The van der Waals surface area contributed by atoms with Crippen LogP contribution in [0.5, 0.6) is 0 Å². The first-order chi connectivity index (χ1) is 13.3. The molecule has 4 N–H and O–H groups in total. The molecule has 0 bridgehead atoms. The fourth-order valence-electron chi connectivity index (χ4n) is 3.50. The van der Waals surface area contributed by atoms with E-state index in [2.05, 4.69) is 15.8 Å². The molecule has 11 heteroatoms. The summed E-state index contributed by atoms with van der Waals surface area (Å²) in [5.41, 5.74) is 0.837. The van der Waals surface area contributed by atoms with Gasteiger partial charge in [-0.25, -0.2) is 0 Å². The largest absolute Gasteiger partial charge is 0.483 e. The molecule has 28 heavy (non-hydrogen) atoms. The smallest absolute Gasteiger partial charge is 0.290 e. The number of carboxylic acid groups (broad SMARTS) is 1. The number of nitrogens with zero attached hydrogens (tertiary/aromatic N) is 2.